The van der Waals surface area contributed by atoms with Gasteiger partial charge in [0.05, 0.1) is 24.4 Å². The zero-order valence-electron chi connectivity index (χ0n) is 16.1. The lowest BCUT2D eigenvalue weighted by atomic mass is 9.88. The molecule has 0 aromatic heterocycles. The van der Waals surface area contributed by atoms with Crippen molar-refractivity contribution in [3.05, 3.63) is 71.8 Å². The van der Waals surface area contributed by atoms with Crippen LogP contribution >= 0.6 is 0 Å². The number of carbonyl (C=O) groups is 3. The molecule has 0 radical (unpaired) electrons. The molecule has 5 nitrogen and oxygen atoms in total. The van der Waals surface area contributed by atoms with E-state index < -0.39 is 17.9 Å². The maximum absolute atomic E-state index is 13.2. The summed E-state index contributed by atoms with van der Waals surface area (Å²) in [6, 6.07) is 18.6. The highest BCUT2D eigenvalue weighted by Gasteiger charge is 2.61. The molecule has 2 fully saturated rings. The first-order chi connectivity index (χ1) is 13.5. The molecule has 2 amide bonds. The van der Waals surface area contributed by atoms with Gasteiger partial charge in [0, 0.05) is 12.6 Å². The Morgan fingerprint density at radius 1 is 0.821 bits per heavy atom. The van der Waals surface area contributed by atoms with Crippen LogP contribution in [0.25, 0.3) is 0 Å². The second-order valence-corrected chi connectivity index (χ2v) is 7.75. The number of ketones is 1. The van der Waals surface area contributed by atoms with E-state index in [2.05, 4.69) is 0 Å². The van der Waals surface area contributed by atoms with Gasteiger partial charge >= 0.3 is 0 Å². The van der Waals surface area contributed by atoms with Crippen molar-refractivity contribution in [3.8, 4) is 0 Å². The van der Waals surface area contributed by atoms with Crippen molar-refractivity contribution in [1.82, 2.24) is 9.80 Å². The van der Waals surface area contributed by atoms with Crippen LogP contribution in [0.15, 0.2) is 60.7 Å². The molecule has 4 rings (SSSR count). The number of hydrogen-bond donors (Lipinski definition) is 0. The maximum atomic E-state index is 13.2. The molecule has 2 saturated heterocycles. The minimum Gasteiger partial charge on any atom is -0.298 e. The zero-order valence-corrected chi connectivity index (χ0v) is 16.1. The Morgan fingerprint density at radius 3 is 1.86 bits per heavy atom. The molecule has 2 heterocycles. The Labute approximate surface area is 164 Å². The summed E-state index contributed by atoms with van der Waals surface area (Å²) in [4.78, 5) is 42.2. The summed E-state index contributed by atoms with van der Waals surface area (Å²) < 4.78 is 0. The summed E-state index contributed by atoms with van der Waals surface area (Å²) in [6.07, 6.45) is 0. The highest BCUT2D eigenvalue weighted by atomic mass is 16.2. The van der Waals surface area contributed by atoms with Gasteiger partial charge in [0.1, 0.15) is 5.78 Å². The quantitative estimate of drug-likeness (QED) is 0.753. The van der Waals surface area contributed by atoms with Crippen LogP contribution in [-0.2, 0) is 27.5 Å². The predicted molar refractivity (Wildman–Crippen MR) is 105 cm³/mol. The number of likely N-dealkylation sites (tertiary alicyclic amines) is 2. The summed E-state index contributed by atoms with van der Waals surface area (Å²) in [6.45, 7) is 4.30. The molecule has 4 atom stereocenters. The standard InChI is InChI=1S/C23H24N2O3/c1-15-19-20(21(16(2)26)24(15)13-17-9-5-3-6-10-17)23(28)25(22(19)27)14-18-11-7-4-8-12-18/h3-12,15,19-21H,13-14H2,1-2H3/t15-,19-,20-,21+/m0/s1. The van der Waals surface area contributed by atoms with Gasteiger partial charge in [0.2, 0.25) is 11.8 Å². The molecule has 144 valence electrons. The fraction of sp³-hybridized carbons (Fsp3) is 0.348. The number of rotatable bonds is 5. The topological polar surface area (TPSA) is 57.7 Å². The molecule has 0 saturated carbocycles. The van der Waals surface area contributed by atoms with E-state index in [9.17, 15) is 14.4 Å². The van der Waals surface area contributed by atoms with E-state index in [4.69, 9.17) is 0 Å². The van der Waals surface area contributed by atoms with Gasteiger partial charge in [-0.3, -0.25) is 24.2 Å². The van der Waals surface area contributed by atoms with E-state index >= 15 is 0 Å². The summed E-state index contributed by atoms with van der Waals surface area (Å²) in [5, 5.41) is 0. The van der Waals surface area contributed by atoms with Gasteiger partial charge in [0.15, 0.2) is 0 Å². The highest BCUT2D eigenvalue weighted by Crippen LogP contribution is 2.43. The first-order valence-electron chi connectivity index (χ1n) is 9.68. The lowest BCUT2D eigenvalue weighted by molar-refractivity contribution is -0.143. The third-order valence-electron chi connectivity index (χ3n) is 6.04. The zero-order chi connectivity index (χ0) is 19.8. The monoisotopic (exact) mass is 376 g/mol. The average molecular weight is 376 g/mol. The Kier molecular flexibility index (Phi) is 4.85. The van der Waals surface area contributed by atoms with Crippen molar-refractivity contribution >= 4 is 17.6 Å². The molecular weight excluding hydrogens is 352 g/mol. The first kappa shape index (κ1) is 18.6. The number of imide groups is 1. The van der Waals surface area contributed by atoms with Crippen LogP contribution in [0.3, 0.4) is 0 Å². The van der Waals surface area contributed by atoms with Crippen LogP contribution in [0, 0.1) is 11.8 Å². The fourth-order valence-electron chi connectivity index (χ4n) is 4.72. The number of Topliss-reactive ketones (excluding diaryl/α,β-unsaturated/α-hetero) is 1. The van der Waals surface area contributed by atoms with Gasteiger partial charge < -0.3 is 0 Å². The van der Waals surface area contributed by atoms with Gasteiger partial charge in [-0.15, -0.1) is 0 Å². The van der Waals surface area contributed by atoms with Crippen molar-refractivity contribution in [2.75, 3.05) is 0 Å². The van der Waals surface area contributed by atoms with Crippen molar-refractivity contribution in [2.24, 2.45) is 11.8 Å². The summed E-state index contributed by atoms with van der Waals surface area (Å²) in [5.74, 6) is -1.49. The molecule has 0 bridgehead atoms. The molecule has 0 N–H and O–H groups in total. The second kappa shape index (κ2) is 7.32. The van der Waals surface area contributed by atoms with Crippen LogP contribution in [0.1, 0.15) is 25.0 Å². The van der Waals surface area contributed by atoms with E-state index in [1.165, 1.54) is 11.8 Å². The molecule has 0 aliphatic carbocycles. The van der Waals surface area contributed by atoms with Gasteiger partial charge in [-0.25, -0.2) is 0 Å². The van der Waals surface area contributed by atoms with E-state index in [0.29, 0.717) is 6.54 Å². The summed E-state index contributed by atoms with van der Waals surface area (Å²) in [7, 11) is 0. The number of amides is 2. The van der Waals surface area contributed by atoms with Gasteiger partial charge in [-0.1, -0.05) is 60.7 Å². The molecule has 2 aliphatic rings. The van der Waals surface area contributed by atoms with E-state index in [0.717, 1.165) is 11.1 Å². The van der Waals surface area contributed by atoms with Crippen LogP contribution in [0.4, 0.5) is 0 Å². The lowest BCUT2D eigenvalue weighted by Crippen LogP contribution is -2.46. The van der Waals surface area contributed by atoms with Crippen LogP contribution in [-0.4, -0.2) is 39.5 Å². The van der Waals surface area contributed by atoms with Gasteiger partial charge in [-0.2, -0.15) is 0 Å². The largest absolute Gasteiger partial charge is 0.298 e. The Balaban J connectivity index is 1.62. The minimum absolute atomic E-state index is 0.0574. The van der Waals surface area contributed by atoms with Crippen molar-refractivity contribution in [2.45, 2.75) is 39.0 Å². The summed E-state index contributed by atoms with van der Waals surface area (Å²) in [5.41, 5.74) is 1.99. The third-order valence-corrected chi connectivity index (χ3v) is 6.04. The van der Waals surface area contributed by atoms with Crippen molar-refractivity contribution in [3.63, 3.8) is 0 Å². The Bertz CT molecular complexity index is 897. The number of nitrogens with zero attached hydrogens (tertiary/aromatic N) is 2. The van der Waals surface area contributed by atoms with Gasteiger partial charge in [-0.05, 0) is 25.0 Å². The first-order valence-corrected chi connectivity index (χ1v) is 9.68. The molecule has 2 aromatic rings. The van der Waals surface area contributed by atoms with Crippen LogP contribution in [0.5, 0.6) is 0 Å². The summed E-state index contributed by atoms with van der Waals surface area (Å²) >= 11 is 0. The van der Waals surface area contributed by atoms with E-state index in [1.807, 2.05) is 72.5 Å². The molecule has 5 heteroatoms. The van der Waals surface area contributed by atoms with Crippen molar-refractivity contribution in [1.29, 1.82) is 0 Å². The Morgan fingerprint density at radius 2 is 1.32 bits per heavy atom. The number of hydrogen-bond acceptors (Lipinski definition) is 4. The third kappa shape index (κ3) is 3.06. The normalized spacial score (nSPS) is 27.3. The predicted octanol–water partition coefficient (Wildman–Crippen LogP) is 2.65. The smallest absolute Gasteiger partial charge is 0.235 e. The highest BCUT2D eigenvalue weighted by molar-refractivity contribution is 6.08. The fourth-order valence-corrected chi connectivity index (χ4v) is 4.72. The Hall–Kier alpha value is -2.79. The average Bonchev–Trinajstić information content (AvgIpc) is 3.11. The van der Waals surface area contributed by atoms with Crippen LogP contribution < -0.4 is 0 Å². The molecule has 2 aromatic carbocycles. The molecule has 28 heavy (non-hydrogen) atoms. The van der Waals surface area contributed by atoms with E-state index in [-0.39, 0.29) is 30.2 Å². The number of benzene rings is 2. The molecule has 2 aliphatic heterocycles. The van der Waals surface area contributed by atoms with Crippen LogP contribution in [0.2, 0.25) is 0 Å². The van der Waals surface area contributed by atoms with Gasteiger partial charge in [0.25, 0.3) is 0 Å². The SMILES string of the molecule is CC(=O)[C@@H]1[C@H]2C(=O)N(Cc3ccccc3)C(=O)[C@H]2[C@H](C)N1Cc1ccccc1. The van der Waals surface area contributed by atoms with E-state index in [1.54, 1.807) is 0 Å². The minimum atomic E-state index is -0.590. The molecular formula is C23H24N2O3. The molecule has 0 spiro atoms. The van der Waals surface area contributed by atoms with Crippen molar-refractivity contribution < 1.29 is 14.4 Å². The number of fused-ring (bicyclic) bond motifs is 1. The lowest BCUT2D eigenvalue weighted by Gasteiger charge is -2.30. The second-order valence-electron chi connectivity index (χ2n) is 7.75. The maximum Gasteiger partial charge on any atom is 0.235 e. The molecule has 0 unspecified atom stereocenters. The number of carbonyl (C=O) groups excluding carboxylic acids is 3.